The molecule has 0 aliphatic carbocycles. The zero-order valence-electron chi connectivity index (χ0n) is 18.1. The summed E-state index contributed by atoms with van der Waals surface area (Å²) in [5.74, 6) is -0.516. The van der Waals surface area contributed by atoms with Gasteiger partial charge in [0.15, 0.2) is 16.2 Å². The van der Waals surface area contributed by atoms with E-state index in [1.807, 2.05) is 56.3 Å². The minimum Gasteiger partial charge on any atom is -0.383 e. The average molecular weight is 485 g/mol. The first-order chi connectivity index (χ1) is 15.3. The summed E-state index contributed by atoms with van der Waals surface area (Å²) in [5.41, 5.74) is 0.357. The quantitative estimate of drug-likeness (QED) is 0.450. The third-order valence-corrected chi connectivity index (χ3v) is 6.30. The monoisotopic (exact) mass is 484 g/mol. The van der Waals surface area contributed by atoms with Crippen molar-refractivity contribution < 1.29 is 9.32 Å². The second kappa shape index (κ2) is 10.8. The normalized spacial score (nSPS) is 11.9. The lowest BCUT2D eigenvalue weighted by atomic mass is 10.0. The third kappa shape index (κ3) is 4.85. The minimum absolute atomic E-state index is 0. The van der Waals surface area contributed by atoms with E-state index in [1.54, 1.807) is 0 Å². The molecule has 2 aromatic heterocycles. The van der Waals surface area contributed by atoms with Crippen molar-refractivity contribution in [2.24, 2.45) is 13.0 Å². The van der Waals surface area contributed by atoms with Crippen molar-refractivity contribution >= 4 is 32.7 Å². The molecular weight excluding hydrogens is 452 g/mol. The van der Waals surface area contributed by atoms with Crippen LogP contribution in [0.3, 0.4) is 0 Å². The summed E-state index contributed by atoms with van der Waals surface area (Å²) in [6, 6.07) is 13.8. The molecule has 0 fully saturated rings. The average Bonchev–Trinajstić information content (AvgIpc) is 2.79. The molecule has 0 amide bonds. The Labute approximate surface area is 201 Å². The van der Waals surface area contributed by atoms with Gasteiger partial charge in [0.1, 0.15) is 5.94 Å². The minimum atomic E-state index is -1.86. The molecule has 0 saturated carbocycles. The van der Waals surface area contributed by atoms with Crippen LogP contribution in [-0.2, 0) is 30.8 Å². The standard InChI is InChI=1S/C23H24N4O4S.2CH4/c1-14(2)12-27-20-19(22(29)26(3)23(27)30)25-21(32(31)13-28)18(24-20)11-16-9-6-8-15-7-4-5-10-17(15)16;;/h4-10,14,28H,11-13H2,1-3H3;2*1H4. The second-order valence-electron chi connectivity index (χ2n) is 8.09. The first-order valence-electron chi connectivity index (χ1n) is 10.3. The molecule has 1 unspecified atom stereocenters. The molecule has 182 valence electrons. The highest BCUT2D eigenvalue weighted by Crippen LogP contribution is 2.23. The summed E-state index contributed by atoms with van der Waals surface area (Å²) in [6.07, 6.45) is 0.288. The van der Waals surface area contributed by atoms with Crippen molar-refractivity contribution in [3.05, 3.63) is 74.6 Å². The van der Waals surface area contributed by atoms with Crippen molar-refractivity contribution in [2.45, 2.75) is 46.7 Å². The number of hydrogen-bond acceptors (Lipinski definition) is 6. The van der Waals surface area contributed by atoms with E-state index in [4.69, 9.17) is 0 Å². The molecule has 0 bridgehead atoms. The van der Waals surface area contributed by atoms with Gasteiger partial charge in [-0.25, -0.2) is 14.8 Å². The highest BCUT2D eigenvalue weighted by molar-refractivity contribution is 7.84. The van der Waals surface area contributed by atoms with E-state index in [0.717, 1.165) is 20.9 Å². The Morgan fingerprint density at radius 3 is 2.38 bits per heavy atom. The Hall–Kier alpha value is -3.17. The summed E-state index contributed by atoms with van der Waals surface area (Å²) in [5, 5.41) is 11.7. The molecule has 9 heteroatoms. The summed E-state index contributed by atoms with van der Waals surface area (Å²) in [7, 11) is -0.472. The highest BCUT2D eigenvalue weighted by Gasteiger charge is 2.21. The zero-order valence-corrected chi connectivity index (χ0v) is 18.9. The Morgan fingerprint density at radius 2 is 1.71 bits per heavy atom. The Balaban J connectivity index is 0.00000204. The maximum atomic E-state index is 12.8. The molecule has 34 heavy (non-hydrogen) atoms. The molecule has 0 radical (unpaired) electrons. The largest absolute Gasteiger partial charge is 0.383 e. The van der Waals surface area contributed by atoms with Crippen LogP contribution in [0.5, 0.6) is 0 Å². The molecule has 0 aliphatic rings. The topological polar surface area (TPSA) is 107 Å². The van der Waals surface area contributed by atoms with Gasteiger partial charge < -0.3 is 5.11 Å². The van der Waals surface area contributed by atoms with Crippen molar-refractivity contribution in [1.29, 1.82) is 0 Å². The van der Waals surface area contributed by atoms with E-state index in [9.17, 15) is 18.9 Å². The lowest BCUT2D eigenvalue weighted by Gasteiger charge is -2.15. The Bertz CT molecular complexity index is 1470. The van der Waals surface area contributed by atoms with Gasteiger partial charge in [0.2, 0.25) is 0 Å². The highest BCUT2D eigenvalue weighted by atomic mass is 32.2. The van der Waals surface area contributed by atoms with E-state index >= 15 is 0 Å². The molecule has 2 aromatic carbocycles. The lowest BCUT2D eigenvalue weighted by molar-refractivity contribution is 0.367. The number of aromatic nitrogens is 4. The van der Waals surface area contributed by atoms with Crippen LogP contribution in [0.2, 0.25) is 0 Å². The molecular formula is C25H32N4O4S. The zero-order chi connectivity index (χ0) is 23.0. The molecule has 0 spiro atoms. The lowest BCUT2D eigenvalue weighted by Crippen LogP contribution is -2.40. The van der Waals surface area contributed by atoms with Crippen LogP contribution < -0.4 is 11.2 Å². The van der Waals surface area contributed by atoms with Gasteiger partial charge in [-0.3, -0.25) is 18.1 Å². The van der Waals surface area contributed by atoms with Crippen molar-refractivity contribution in [1.82, 2.24) is 19.1 Å². The van der Waals surface area contributed by atoms with E-state index in [1.165, 1.54) is 11.6 Å². The Morgan fingerprint density at radius 1 is 1.03 bits per heavy atom. The van der Waals surface area contributed by atoms with Crippen LogP contribution in [0.25, 0.3) is 21.9 Å². The number of fused-ring (bicyclic) bond motifs is 2. The number of benzene rings is 2. The van der Waals surface area contributed by atoms with Crippen LogP contribution in [-0.4, -0.2) is 34.4 Å². The van der Waals surface area contributed by atoms with Crippen LogP contribution in [0.4, 0.5) is 0 Å². The van der Waals surface area contributed by atoms with Gasteiger partial charge in [-0.15, -0.1) is 0 Å². The predicted molar refractivity (Wildman–Crippen MR) is 138 cm³/mol. The molecule has 4 rings (SSSR count). The molecule has 0 saturated heterocycles. The number of aliphatic hydroxyl groups excluding tert-OH is 1. The molecule has 8 nitrogen and oxygen atoms in total. The molecule has 1 atom stereocenters. The van der Waals surface area contributed by atoms with E-state index in [-0.39, 0.29) is 43.4 Å². The fraction of sp³-hybridized carbons (Fsp3) is 0.360. The fourth-order valence-electron chi connectivity index (χ4n) is 3.81. The maximum Gasteiger partial charge on any atom is 0.332 e. The van der Waals surface area contributed by atoms with E-state index in [2.05, 4.69) is 9.97 Å². The number of rotatable bonds is 6. The van der Waals surface area contributed by atoms with Crippen LogP contribution in [0.1, 0.15) is 40.0 Å². The smallest absolute Gasteiger partial charge is 0.332 e. The van der Waals surface area contributed by atoms with Gasteiger partial charge in [0.25, 0.3) is 5.56 Å². The number of nitrogens with zero attached hydrogens (tertiary/aromatic N) is 4. The van der Waals surface area contributed by atoms with Gasteiger partial charge in [-0.05, 0) is 22.3 Å². The van der Waals surface area contributed by atoms with Crippen molar-refractivity contribution in [3.63, 3.8) is 0 Å². The van der Waals surface area contributed by atoms with Crippen LogP contribution >= 0.6 is 0 Å². The van der Waals surface area contributed by atoms with Crippen molar-refractivity contribution in [2.75, 3.05) is 5.94 Å². The Kier molecular flexibility index (Phi) is 8.63. The predicted octanol–water partition coefficient (Wildman–Crippen LogP) is 3.22. The molecule has 4 aromatic rings. The van der Waals surface area contributed by atoms with Gasteiger partial charge >= 0.3 is 5.69 Å². The fourth-order valence-corrected chi connectivity index (χ4v) is 4.51. The third-order valence-electron chi connectivity index (χ3n) is 5.31. The van der Waals surface area contributed by atoms with E-state index in [0.29, 0.717) is 12.2 Å². The second-order valence-corrected chi connectivity index (χ2v) is 9.42. The number of aliphatic hydroxyl groups is 1. The van der Waals surface area contributed by atoms with Crippen LogP contribution in [0, 0.1) is 5.92 Å². The number of hydrogen-bond donors (Lipinski definition) is 1. The molecule has 0 aliphatic heterocycles. The SMILES string of the molecule is C.C.CC(C)Cn1c(=O)n(C)c(=O)c2nc(S(=O)CO)c(Cc3cccc4ccccc34)nc21. The first kappa shape index (κ1) is 27.1. The van der Waals surface area contributed by atoms with Gasteiger partial charge in [-0.2, -0.15) is 0 Å². The summed E-state index contributed by atoms with van der Waals surface area (Å²) in [4.78, 5) is 34.6. The van der Waals surface area contributed by atoms with Gasteiger partial charge in [0, 0.05) is 20.0 Å². The van der Waals surface area contributed by atoms with Crippen molar-refractivity contribution in [3.8, 4) is 0 Å². The van der Waals surface area contributed by atoms with Gasteiger partial charge in [-0.1, -0.05) is 71.2 Å². The summed E-state index contributed by atoms with van der Waals surface area (Å²) in [6.45, 7) is 4.28. The van der Waals surface area contributed by atoms with E-state index < -0.39 is 28.0 Å². The maximum absolute atomic E-state index is 12.8. The molecule has 1 N–H and O–H groups in total. The molecule has 2 heterocycles. The summed E-state index contributed by atoms with van der Waals surface area (Å²) >= 11 is 0. The first-order valence-corrected chi connectivity index (χ1v) is 11.6. The van der Waals surface area contributed by atoms with Crippen LogP contribution in [0.15, 0.2) is 57.1 Å². The summed E-state index contributed by atoms with van der Waals surface area (Å²) < 4.78 is 15.1. The van der Waals surface area contributed by atoms with Gasteiger partial charge in [0.05, 0.1) is 16.5 Å².